The molecule has 1 N–H and O–H groups in total. The van der Waals surface area contributed by atoms with Gasteiger partial charge in [0.2, 0.25) is 5.76 Å². The number of β-amino-alcohol motifs (C(OH)–C–C–N with tert-alkyl or cyclic N) is 1. The van der Waals surface area contributed by atoms with Crippen LogP contribution < -0.4 is 5.43 Å². The fraction of sp³-hybridized carbons (Fsp3) is 0.238. The van der Waals surface area contributed by atoms with E-state index in [1.807, 2.05) is 44.2 Å². The van der Waals surface area contributed by atoms with Gasteiger partial charge in [-0.05, 0) is 48.7 Å². The van der Waals surface area contributed by atoms with Crippen LogP contribution in [0.4, 0.5) is 0 Å². The van der Waals surface area contributed by atoms with Crippen molar-refractivity contribution < 1.29 is 14.3 Å². The molecule has 0 unspecified atom stereocenters. The quantitative estimate of drug-likeness (QED) is 0.691. The third-order valence-corrected chi connectivity index (χ3v) is 5.41. The highest BCUT2D eigenvalue weighted by molar-refractivity contribution is 9.10. The lowest BCUT2D eigenvalue weighted by Crippen LogP contribution is -2.32. The normalized spacial score (nSPS) is 16.2. The summed E-state index contributed by atoms with van der Waals surface area (Å²) in [4.78, 5) is 27.9. The summed E-state index contributed by atoms with van der Waals surface area (Å²) < 4.78 is 6.78. The maximum absolute atomic E-state index is 13.4. The summed E-state index contributed by atoms with van der Waals surface area (Å²) in [6.07, 6.45) is 0. The van der Waals surface area contributed by atoms with Gasteiger partial charge in [0.05, 0.1) is 23.6 Å². The van der Waals surface area contributed by atoms with Gasteiger partial charge in [-0.1, -0.05) is 34.1 Å². The number of nitrogens with zero attached hydrogens (tertiary/aromatic N) is 1. The van der Waals surface area contributed by atoms with Gasteiger partial charge in [-0.15, -0.1) is 0 Å². The molecule has 0 radical (unpaired) electrons. The van der Waals surface area contributed by atoms with Crippen molar-refractivity contribution in [3.8, 4) is 0 Å². The number of fused-ring (bicyclic) bond motifs is 2. The van der Waals surface area contributed by atoms with E-state index in [4.69, 9.17) is 4.42 Å². The maximum Gasteiger partial charge on any atom is 0.290 e. The van der Waals surface area contributed by atoms with Crippen LogP contribution in [0.5, 0.6) is 0 Å². The summed E-state index contributed by atoms with van der Waals surface area (Å²) in [7, 11) is 0. The Morgan fingerprint density at radius 1 is 1.19 bits per heavy atom. The number of aliphatic hydroxyl groups is 1. The van der Waals surface area contributed by atoms with Crippen LogP contribution in [0.1, 0.15) is 38.9 Å². The van der Waals surface area contributed by atoms with Gasteiger partial charge in [0.1, 0.15) is 5.58 Å². The minimum absolute atomic E-state index is 0.0657. The monoisotopic (exact) mass is 427 g/mol. The van der Waals surface area contributed by atoms with Crippen molar-refractivity contribution in [2.45, 2.75) is 19.9 Å². The Morgan fingerprint density at radius 3 is 2.67 bits per heavy atom. The minimum Gasteiger partial charge on any atom is -0.450 e. The molecule has 138 valence electrons. The molecule has 1 atom stereocenters. The summed E-state index contributed by atoms with van der Waals surface area (Å²) in [5.74, 6) is -0.307. The first-order valence-electron chi connectivity index (χ1n) is 8.67. The zero-order chi connectivity index (χ0) is 19.3. The summed E-state index contributed by atoms with van der Waals surface area (Å²) in [5, 5.41) is 9.97. The molecule has 0 saturated carbocycles. The van der Waals surface area contributed by atoms with Gasteiger partial charge in [-0.2, -0.15) is 0 Å². The SMILES string of the molecule is Cc1cc(C)c2c(=O)c3c(oc2c1)C(=O)N(CCO)[C@H]3c1cccc(Br)c1. The van der Waals surface area contributed by atoms with Gasteiger partial charge in [-0.25, -0.2) is 0 Å². The Bertz CT molecular complexity index is 1130. The molecule has 27 heavy (non-hydrogen) atoms. The van der Waals surface area contributed by atoms with Crippen LogP contribution in [0.25, 0.3) is 11.0 Å². The number of amides is 1. The van der Waals surface area contributed by atoms with Crippen LogP contribution in [-0.2, 0) is 0 Å². The second-order valence-corrected chi connectivity index (χ2v) is 7.72. The lowest BCUT2D eigenvalue weighted by Gasteiger charge is -2.24. The Labute approximate surface area is 164 Å². The number of aliphatic hydroxyl groups excluding tert-OH is 1. The molecule has 1 aliphatic heterocycles. The molecular formula is C21H18BrNO4. The van der Waals surface area contributed by atoms with E-state index in [1.165, 1.54) is 4.90 Å². The van der Waals surface area contributed by atoms with Gasteiger partial charge < -0.3 is 14.4 Å². The molecule has 4 rings (SSSR count). The summed E-state index contributed by atoms with van der Waals surface area (Å²) in [5.41, 5.74) is 3.14. The first kappa shape index (κ1) is 17.9. The molecule has 0 aliphatic carbocycles. The van der Waals surface area contributed by atoms with Gasteiger partial charge in [0, 0.05) is 11.0 Å². The van der Waals surface area contributed by atoms with E-state index < -0.39 is 6.04 Å². The first-order chi connectivity index (χ1) is 12.9. The molecule has 2 heterocycles. The molecular weight excluding hydrogens is 410 g/mol. The summed E-state index contributed by atoms with van der Waals surface area (Å²) >= 11 is 3.45. The van der Waals surface area contributed by atoms with Crippen LogP contribution in [0.2, 0.25) is 0 Å². The van der Waals surface area contributed by atoms with Gasteiger partial charge in [0.25, 0.3) is 5.91 Å². The summed E-state index contributed by atoms with van der Waals surface area (Å²) in [6.45, 7) is 3.71. The standard InChI is InChI=1S/C21H18BrNO4/c1-11-8-12(2)16-15(9-11)27-20-17(19(16)25)18(23(6-7-24)21(20)26)13-4-3-5-14(22)10-13/h3-5,8-10,18,24H,6-7H2,1-2H3/t18-/m0/s1. The number of halogens is 1. The average Bonchev–Trinajstić information content (AvgIpc) is 2.88. The van der Waals surface area contributed by atoms with Gasteiger partial charge >= 0.3 is 0 Å². The van der Waals surface area contributed by atoms with Crippen molar-refractivity contribution in [2.75, 3.05) is 13.2 Å². The molecule has 0 spiro atoms. The average molecular weight is 428 g/mol. The van der Waals surface area contributed by atoms with Crippen LogP contribution in [-0.4, -0.2) is 29.1 Å². The number of carbonyl (C=O) groups excluding carboxylic acids is 1. The molecule has 0 fully saturated rings. The van der Waals surface area contributed by atoms with Crippen molar-refractivity contribution >= 4 is 32.8 Å². The molecule has 2 aromatic carbocycles. The lowest BCUT2D eigenvalue weighted by molar-refractivity contribution is 0.0691. The molecule has 1 aromatic heterocycles. The summed E-state index contributed by atoms with van der Waals surface area (Å²) in [6, 6.07) is 10.6. The van der Waals surface area contributed by atoms with Gasteiger partial charge in [0.15, 0.2) is 5.43 Å². The molecule has 6 heteroatoms. The third kappa shape index (κ3) is 2.80. The van der Waals surface area contributed by atoms with Crippen LogP contribution >= 0.6 is 15.9 Å². The molecule has 0 saturated heterocycles. The predicted molar refractivity (Wildman–Crippen MR) is 106 cm³/mol. The molecule has 1 amide bonds. The van der Waals surface area contributed by atoms with Crippen molar-refractivity contribution in [1.29, 1.82) is 0 Å². The predicted octanol–water partition coefficient (Wildman–Crippen LogP) is 3.71. The Balaban J connectivity index is 2.06. The molecule has 3 aromatic rings. The highest BCUT2D eigenvalue weighted by Gasteiger charge is 2.42. The number of hydrogen-bond acceptors (Lipinski definition) is 4. The van der Waals surface area contributed by atoms with Gasteiger partial charge in [-0.3, -0.25) is 9.59 Å². The number of hydrogen-bond donors (Lipinski definition) is 1. The van der Waals surface area contributed by atoms with Crippen LogP contribution in [0, 0.1) is 13.8 Å². The van der Waals surface area contributed by atoms with Crippen molar-refractivity contribution in [3.05, 3.63) is 79.1 Å². The van der Waals surface area contributed by atoms with E-state index in [1.54, 1.807) is 6.07 Å². The molecule has 1 aliphatic rings. The Kier molecular flexibility index (Phi) is 4.40. The third-order valence-electron chi connectivity index (χ3n) is 4.92. The number of aryl methyl sites for hydroxylation is 2. The van der Waals surface area contributed by atoms with E-state index >= 15 is 0 Å². The van der Waals surface area contributed by atoms with E-state index in [9.17, 15) is 14.7 Å². The Morgan fingerprint density at radius 2 is 1.96 bits per heavy atom. The second kappa shape index (κ2) is 6.62. The first-order valence-corrected chi connectivity index (χ1v) is 9.47. The van der Waals surface area contributed by atoms with Crippen LogP contribution in [0.15, 0.2) is 50.1 Å². The highest BCUT2D eigenvalue weighted by Crippen LogP contribution is 2.38. The zero-order valence-electron chi connectivity index (χ0n) is 15.0. The Hall–Kier alpha value is -2.44. The van der Waals surface area contributed by atoms with Crippen molar-refractivity contribution in [3.63, 3.8) is 0 Å². The van der Waals surface area contributed by atoms with Crippen LogP contribution in [0.3, 0.4) is 0 Å². The second-order valence-electron chi connectivity index (χ2n) is 6.81. The smallest absolute Gasteiger partial charge is 0.290 e. The van der Waals surface area contributed by atoms with Crippen molar-refractivity contribution in [1.82, 2.24) is 4.90 Å². The maximum atomic E-state index is 13.4. The fourth-order valence-corrected chi connectivity index (χ4v) is 4.29. The lowest BCUT2D eigenvalue weighted by atomic mass is 9.97. The molecule has 0 bridgehead atoms. The van der Waals surface area contributed by atoms with Crippen molar-refractivity contribution in [2.24, 2.45) is 0 Å². The van der Waals surface area contributed by atoms with E-state index in [0.29, 0.717) is 16.5 Å². The number of carbonyl (C=O) groups is 1. The highest BCUT2D eigenvalue weighted by atomic mass is 79.9. The van der Waals surface area contributed by atoms with E-state index in [0.717, 1.165) is 21.2 Å². The largest absolute Gasteiger partial charge is 0.450 e. The number of benzene rings is 2. The zero-order valence-corrected chi connectivity index (χ0v) is 16.5. The molecule has 5 nitrogen and oxygen atoms in total. The minimum atomic E-state index is -0.585. The number of rotatable bonds is 3. The van der Waals surface area contributed by atoms with E-state index in [2.05, 4.69) is 15.9 Å². The topological polar surface area (TPSA) is 70.8 Å². The fourth-order valence-electron chi connectivity index (χ4n) is 3.88. The van der Waals surface area contributed by atoms with E-state index in [-0.39, 0.29) is 30.2 Å².